The molecule has 1 aromatic carbocycles. The number of ether oxygens (including phenoxy) is 1. The average Bonchev–Trinajstić information content (AvgIpc) is 2.50. The maximum absolute atomic E-state index is 12.0. The van der Waals surface area contributed by atoms with Gasteiger partial charge in [0.15, 0.2) is 0 Å². The summed E-state index contributed by atoms with van der Waals surface area (Å²) in [6.07, 6.45) is 3.75. The van der Waals surface area contributed by atoms with E-state index in [1.54, 1.807) is 18.2 Å². The van der Waals surface area contributed by atoms with Gasteiger partial charge >= 0.3 is 0 Å². The lowest BCUT2D eigenvalue weighted by atomic mass is 10.00. The summed E-state index contributed by atoms with van der Waals surface area (Å²) >= 11 is 0. The monoisotopic (exact) mass is 288 g/mol. The van der Waals surface area contributed by atoms with E-state index in [1.807, 2.05) is 6.07 Å². The Morgan fingerprint density at radius 3 is 3.05 bits per heavy atom. The van der Waals surface area contributed by atoms with E-state index in [4.69, 9.17) is 4.74 Å². The van der Waals surface area contributed by atoms with Crippen LogP contribution in [-0.4, -0.2) is 31.6 Å². The molecule has 0 saturated carbocycles. The first-order valence-electron chi connectivity index (χ1n) is 7.10. The Labute approximate surface area is 124 Å². The van der Waals surface area contributed by atoms with Crippen LogP contribution in [0.15, 0.2) is 30.9 Å². The van der Waals surface area contributed by atoms with E-state index in [9.17, 15) is 9.59 Å². The molecule has 0 aromatic heterocycles. The molecule has 112 valence electrons. The van der Waals surface area contributed by atoms with Crippen molar-refractivity contribution >= 4 is 17.5 Å². The molecule has 0 atom stereocenters. The molecule has 0 spiro atoms. The van der Waals surface area contributed by atoms with Crippen LogP contribution in [-0.2, 0) is 16.0 Å². The molecule has 1 aromatic rings. The third kappa shape index (κ3) is 4.43. The predicted octanol–water partition coefficient (Wildman–Crippen LogP) is 1.89. The van der Waals surface area contributed by atoms with Gasteiger partial charge in [-0.1, -0.05) is 6.08 Å². The Kier molecular flexibility index (Phi) is 5.51. The zero-order valence-corrected chi connectivity index (χ0v) is 12.0. The van der Waals surface area contributed by atoms with E-state index in [1.165, 1.54) is 0 Å². The zero-order chi connectivity index (χ0) is 15.1. The van der Waals surface area contributed by atoms with Crippen molar-refractivity contribution < 1.29 is 14.3 Å². The number of rotatable bonds is 7. The molecule has 5 heteroatoms. The Morgan fingerprint density at radius 1 is 1.38 bits per heavy atom. The number of fused-ring (bicyclic) bond motifs is 1. The molecule has 0 unspecified atom stereocenters. The van der Waals surface area contributed by atoms with E-state index < -0.39 is 0 Å². The average molecular weight is 288 g/mol. The lowest BCUT2D eigenvalue weighted by Crippen LogP contribution is -2.28. The summed E-state index contributed by atoms with van der Waals surface area (Å²) in [4.78, 5) is 23.3. The van der Waals surface area contributed by atoms with Crippen molar-refractivity contribution in [2.24, 2.45) is 0 Å². The molecule has 1 aliphatic heterocycles. The van der Waals surface area contributed by atoms with E-state index in [0.29, 0.717) is 38.2 Å². The summed E-state index contributed by atoms with van der Waals surface area (Å²) in [5.74, 6) is -0.0987. The van der Waals surface area contributed by atoms with Crippen LogP contribution >= 0.6 is 0 Å². The summed E-state index contributed by atoms with van der Waals surface area (Å²) in [6, 6.07) is 5.34. The number of benzene rings is 1. The van der Waals surface area contributed by atoms with Gasteiger partial charge in [-0.15, -0.1) is 6.58 Å². The minimum atomic E-state index is -0.123. The lowest BCUT2D eigenvalue weighted by Gasteiger charge is -2.17. The van der Waals surface area contributed by atoms with Gasteiger partial charge in [0.05, 0.1) is 13.2 Å². The fourth-order valence-corrected chi connectivity index (χ4v) is 2.13. The second-order valence-electron chi connectivity index (χ2n) is 4.87. The van der Waals surface area contributed by atoms with Crippen molar-refractivity contribution in [2.45, 2.75) is 19.3 Å². The maximum atomic E-state index is 12.0. The van der Waals surface area contributed by atoms with Gasteiger partial charge in [0.25, 0.3) is 5.91 Å². The second kappa shape index (κ2) is 7.59. The highest BCUT2D eigenvalue weighted by Gasteiger charge is 2.16. The van der Waals surface area contributed by atoms with Crippen LogP contribution in [0.2, 0.25) is 0 Å². The summed E-state index contributed by atoms with van der Waals surface area (Å²) in [5, 5.41) is 5.61. The van der Waals surface area contributed by atoms with Crippen molar-refractivity contribution in [3.05, 3.63) is 42.0 Å². The van der Waals surface area contributed by atoms with Gasteiger partial charge in [-0.3, -0.25) is 9.59 Å². The van der Waals surface area contributed by atoms with Crippen LogP contribution in [0, 0.1) is 0 Å². The van der Waals surface area contributed by atoms with E-state index in [0.717, 1.165) is 17.7 Å². The number of hydrogen-bond donors (Lipinski definition) is 2. The van der Waals surface area contributed by atoms with Gasteiger partial charge in [0.2, 0.25) is 5.91 Å². The highest BCUT2D eigenvalue weighted by molar-refractivity contribution is 5.97. The maximum Gasteiger partial charge on any atom is 0.251 e. The molecule has 2 amide bonds. The second-order valence-corrected chi connectivity index (χ2v) is 4.87. The van der Waals surface area contributed by atoms with Crippen molar-refractivity contribution in [3.63, 3.8) is 0 Å². The first-order valence-corrected chi connectivity index (χ1v) is 7.10. The summed E-state index contributed by atoms with van der Waals surface area (Å²) in [7, 11) is 0. The number of hydrogen-bond acceptors (Lipinski definition) is 3. The molecule has 21 heavy (non-hydrogen) atoms. The third-order valence-corrected chi connectivity index (χ3v) is 3.26. The first-order chi connectivity index (χ1) is 10.2. The predicted molar refractivity (Wildman–Crippen MR) is 81.4 cm³/mol. The van der Waals surface area contributed by atoms with Crippen molar-refractivity contribution in [1.82, 2.24) is 5.32 Å². The molecule has 2 rings (SSSR count). The van der Waals surface area contributed by atoms with Crippen molar-refractivity contribution in [1.29, 1.82) is 0 Å². The van der Waals surface area contributed by atoms with Gasteiger partial charge < -0.3 is 15.4 Å². The number of anilines is 1. The van der Waals surface area contributed by atoms with Gasteiger partial charge in [-0.25, -0.2) is 0 Å². The molecule has 2 N–H and O–H groups in total. The standard InChI is InChI=1S/C16H20N2O3/c1-2-3-9-21-10-8-17-16(20)13-4-6-14-12(11-13)5-7-15(19)18-14/h2,4,6,11H,1,3,5,7-10H2,(H,17,20)(H,18,19). The van der Waals surface area contributed by atoms with Gasteiger partial charge in [0, 0.05) is 24.2 Å². The highest BCUT2D eigenvalue weighted by atomic mass is 16.5. The lowest BCUT2D eigenvalue weighted by molar-refractivity contribution is -0.116. The normalized spacial score (nSPS) is 13.2. The summed E-state index contributed by atoms with van der Waals surface area (Å²) < 4.78 is 5.33. The van der Waals surface area contributed by atoms with E-state index in [2.05, 4.69) is 17.2 Å². The number of carbonyl (C=O) groups is 2. The largest absolute Gasteiger partial charge is 0.379 e. The summed E-state index contributed by atoms with van der Waals surface area (Å²) in [6.45, 7) is 5.20. The SMILES string of the molecule is C=CCCOCCNC(=O)c1ccc2c(c1)CCC(=O)N2. The van der Waals surface area contributed by atoms with Gasteiger partial charge in [-0.05, 0) is 36.6 Å². The van der Waals surface area contributed by atoms with E-state index in [-0.39, 0.29) is 11.8 Å². The van der Waals surface area contributed by atoms with Crippen LogP contribution in [0.1, 0.15) is 28.8 Å². The number of carbonyl (C=O) groups excluding carboxylic acids is 2. The first kappa shape index (κ1) is 15.3. The molecule has 0 radical (unpaired) electrons. The molecule has 5 nitrogen and oxygen atoms in total. The number of nitrogens with one attached hydrogen (secondary N) is 2. The molecule has 0 fully saturated rings. The van der Waals surface area contributed by atoms with Crippen LogP contribution < -0.4 is 10.6 Å². The highest BCUT2D eigenvalue weighted by Crippen LogP contribution is 2.23. The molecule has 1 heterocycles. The Balaban J connectivity index is 1.83. The third-order valence-electron chi connectivity index (χ3n) is 3.26. The Bertz CT molecular complexity index is 540. The minimum absolute atomic E-state index is 0.0244. The minimum Gasteiger partial charge on any atom is -0.379 e. The van der Waals surface area contributed by atoms with Gasteiger partial charge in [0.1, 0.15) is 0 Å². The zero-order valence-electron chi connectivity index (χ0n) is 12.0. The molecule has 1 aliphatic rings. The fraction of sp³-hybridized carbons (Fsp3) is 0.375. The van der Waals surface area contributed by atoms with Gasteiger partial charge in [-0.2, -0.15) is 0 Å². The smallest absolute Gasteiger partial charge is 0.251 e. The Hall–Kier alpha value is -2.14. The fourth-order valence-electron chi connectivity index (χ4n) is 2.13. The van der Waals surface area contributed by atoms with Crippen LogP contribution in [0.4, 0.5) is 5.69 Å². The number of amides is 2. The quantitative estimate of drug-likeness (QED) is 0.595. The van der Waals surface area contributed by atoms with Crippen LogP contribution in [0.5, 0.6) is 0 Å². The summed E-state index contributed by atoms with van der Waals surface area (Å²) in [5.41, 5.74) is 2.41. The van der Waals surface area contributed by atoms with E-state index >= 15 is 0 Å². The van der Waals surface area contributed by atoms with Crippen molar-refractivity contribution in [2.75, 3.05) is 25.1 Å². The molecular formula is C16H20N2O3. The molecule has 0 saturated heterocycles. The van der Waals surface area contributed by atoms with Crippen LogP contribution in [0.3, 0.4) is 0 Å². The van der Waals surface area contributed by atoms with Crippen molar-refractivity contribution in [3.8, 4) is 0 Å². The Morgan fingerprint density at radius 2 is 2.24 bits per heavy atom. The topological polar surface area (TPSA) is 67.4 Å². The molecule has 0 aliphatic carbocycles. The number of aryl methyl sites for hydroxylation is 1. The van der Waals surface area contributed by atoms with Crippen LogP contribution in [0.25, 0.3) is 0 Å². The molecule has 0 bridgehead atoms. The molecular weight excluding hydrogens is 268 g/mol.